The van der Waals surface area contributed by atoms with E-state index in [-0.39, 0.29) is 9.77 Å². The number of anilines is 1. The number of aromatic carboxylic acids is 1. The number of nitrogens with zero attached hydrogens (tertiary/aromatic N) is 1. The summed E-state index contributed by atoms with van der Waals surface area (Å²) in [6, 6.07) is 7.50. The molecule has 2 aromatic rings. The summed E-state index contributed by atoms with van der Waals surface area (Å²) in [7, 11) is -3.64. The molecule has 0 aliphatic carbocycles. The molecule has 0 fully saturated rings. The Morgan fingerprint density at radius 1 is 1.29 bits per heavy atom. The molecule has 0 spiro atoms. The highest BCUT2D eigenvalue weighted by molar-refractivity contribution is 7.94. The van der Waals surface area contributed by atoms with Crippen molar-refractivity contribution in [2.45, 2.75) is 10.6 Å². The molecule has 110 valence electrons. The minimum atomic E-state index is -3.64. The first-order valence-electron chi connectivity index (χ1n) is 6.04. The maximum Gasteiger partial charge on any atom is 0.335 e. The van der Waals surface area contributed by atoms with Gasteiger partial charge in [-0.3, -0.25) is 4.31 Å². The number of benzene rings is 1. The van der Waals surface area contributed by atoms with Crippen LogP contribution in [0.3, 0.4) is 0 Å². The third-order valence-corrected chi connectivity index (χ3v) is 6.78. The minimum absolute atomic E-state index is 0.159. The number of hydrogen-bond donors (Lipinski definition) is 1. The maximum atomic E-state index is 12.6. The van der Waals surface area contributed by atoms with Gasteiger partial charge in [-0.1, -0.05) is 11.6 Å². The van der Waals surface area contributed by atoms with E-state index in [1.54, 1.807) is 12.1 Å². The van der Waals surface area contributed by atoms with E-state index in [4.69, 9.17) is 16.7 Å². The van der Waals surface area contributed by atoms with Gasteiger partial charge in [0.25, 0.3) is 10.0 Å². The van der Waals surface area contributed by atoms with Crippen LogP contribution in [0, 0.1) is 0 Å². The highest BCUT2D eigenvalue weighted by Crippen LogP contribution is 2.36. The standard InChI is InChI=1S/C13H10ClNO4S2/c14-11-3-4-12(20-11)21(18,19)15-6-5-8-7-9(13(16)17)1-2-10(8)15/h1-4,7H,5-6H2,(H,16,17). The van der Waals surface area contributed by atoms with Gasteiger partial charge in [0.1, 0.15) is 4.21 Å². The number of sulfonamides is 1. The topological polar surface area (TPSA) is 74.7 Å². The van der Waals surface area contributed by atoms with Gasteiger partial charge in [0, 0.05) is 6.54 Å². The summed E-state index contributed by atoms with van der Waals surface area (Å²) in [4.78, 5) is 11.0. The number of fused-ring (bicyclic) bond motifs is 1. The quantitative estimate of drug-likeness (QED) is 0.929. The van der Waals surface area contributed by atoms with E-state index in [2.05, 4.69) is 0 Å². The van der Waals surface area contributed by atoms with Crippen molar-refractivity contribution >= 4 is 44.6 Å². The van der Waals surface area contributed by atoms with Crippen LogP contribution in [0.1, 0.15) is 15.9 Å². The molecule has 3 rings (SSSR count). The predicted octanol–water partition coefficient (Wildman–Crippen LogP) is 2.85. The second-order valence-corrected chi connectivity index (χ2v) is 8.34. The lowest BCUT2D eigenvalue weighted by Gasteiger charge is -2.18. The van der Waals surface area contributed by atoms with E-state index < -0.39 is 16.0 Å². The van der Waals surface area contributed by atoms with Crippen LogP contribution in [0.15, 0.2) is 34.5 Å². The van der Waals surface area contributed by atoms with Crippen LogP contribution in [-0.4, -0.2) is 26.0 Å². The van der Waals surface area contributed by atoms with Gasteiger partial charge in [0.15, 0.2) is 0 Å². The van der Waals surface area contributed by atoms with Crippen molar-refractivity contribution in [3.63, 3.8) is 0 Å². The zero-order chi connectivity index (χ0) is 15.2. The fraction of sp³-hybridized carbons (Fsp3) is 0.154. The molecule has 1 N–H and O–H groups in total. The summed E-state index contributed by atoms with van der Waals surface area (Å²) in [5, 5.41) is 8.98. The monoisotopic (exact) mass is 343 g/mol. The molecule has 0 atom stereocenters. The number of thiophene rings is 1. The minimum Gasteiger partial charge on any atom is -0.478 e. The van der Waals surface area contributed by atoms with Crippen molar-refractivity contribution in [3.05, 3.63) is 45.8 Å². The Hall–Kier alpha value is -1.57. The normalized spacial score (nSPS) is 14.2. The first-order valence-corrected chi connectivity index (χ1v) is 8.67. The van der Waals surface area contributed by atoms with Crippen LogP contribution < -0.4 is 4.31 Å². The van der Waals surface area contributed by atoms with E-state index in [1.807, 2.05) is 0 Å². The second kappa shape index (κ2) is 5.01. The molecular formula is C13H10ClNO4S2. The van der Waals surface area contributed by atoms with Crippen molar-refractivity contribution < 1.29 is 18.3 Å². The van der Waals surface area contributed by atoms with Crippen molar-refractivity contribution in [1.82, 2.24) is 0 Å². The van der Waals surface area contributed by atoms with Crippen LogP contribution in [0.25, 0.3) is 0 Å². The Balaban J connectivity index is 2.03. The van der Waals surface area contributed by atoms with E-state index in [9.17, 15) is 13.2 Å². The summed E-state index contributed by atoms with van der Waals surface area (Å²) in [6.07, 6.45) is 0.495. The molecule has 1 aromatic heterocycles. The molecule has 0 bridgehead atoms. The summed E-state index contributed by atoms with van der Waals surface area (Å²) in [6.45, 7) is 0.302. The van der Waals surface area contributed by atoms with Gasteiger partial charge in [0.2, 0.25) is 0 Å². The van der Waals surface area contributed by atoms with E-state index >= 15 is 0 Å². The van der Waals surface area contributed by atoms with Crippen molar-refractivity contribution in [2.75, 3.05) is 10.8 Å². The van der Waals surface area contributed by atoms with Crippen LogP contribution in [0.4, 0.5) is 5.69 Å². The van der Waals surface area contributed by atoms with Crippen molar-refractivity contribution in [3.8, 4) is 0 Å². The average molecular weight is 344 g/mol. The maximum absolute atomic E-state index is 12.6. The Labute approximate surface area is 130 Å². The Bertz CT molecular complexity index is 828. The summed E-state index contributed by atoms with van der Waals surface area (Å²) < 4.78 is 27.1. The van der Waals surface area contributed by atoms with E-state index in [0.29, 0.717) is 23.0 Å². The SMILES string of the molecule is O=C(O)c1ccc2c(c1)CCN2S(=O)(=O)c1ccc(Cl)s1. The summed E-state index contributed by atoms with van der Waals surface area (Å²) >= 11 is 6.81. The van der Waals surface area contributed by atoms with Gasteiger partial charge in [-0.15, -0.1) is 11.3 Å². The first-order chi connectivity index (χ1) is 9.89. The second-order valence-electron chi connectivity index (χ2n) is 4.53. The molecule has 1 aromatic carbocycles. The van der Waals surface area contributed by atoms with E-state index in [0.717, 1.165) is 16.9 Å². The molecule has 0 saturated heterocycles. The van der Waals surface area contributed by atoms with Gasteiger partial charge in [-0.05, 0) is 42.3 Å². The van der Waals surface area contributed by atoms with E-state index in [1.165, 1.54) is 22.5 Å². The lowest BCUT2D eigenvalue weighted by atomic mass is 10.1. The van der Waals surface area contributed by atoms with Gasteiger partial charge in [-0.2, -0.15) is 0 Å². The first kappa shape index (κ1) is 14.4. The smallest absolute Gasteiger partial charge is 0.335 e. The zero-order valence-corrected chi connectivity index (χ0v) is 13.0. The van der Waals surface area contributed by atoms with Crippen molar-refractivity contribution in [1.29, 1.82) is 0 Å². The number of hydrogen-bond acceptors (Lipinski definition) is 4. The fourth-order valence-electron chi connectivity index (χ4n) is 2.30. The molecule has 2 heterocycles. The number of rotatable bonds is 3. The molecule has 0 radical (unpaired) electrons. The Morgan fingerprint density at radius 2 is 2.05 bits per heavy atom. The Morgan fingerprint density at radius 3 is 2.67 bits per heavy atom. The number of halogens is 1. The molecule has 0 saturated carbocycles. The van der Waals surface area contributed by atoms with Crippen LogP contribution >= 0.6 is 22.9 Å². The van der Waals surface area contributed by atoms with Crippen LogP contribution in [-0.2, 0) is 16.4 Å². The summed E-state index contributed by atoms with van der Waals surface area (Å²) in [5.41, 5.74) is 1.41. The molecule has 1 aliphatic rings. The van der Waals surface area contributed by atoms with Gasteiger partial charge in [0.05, 0.1) is 15.6 Å². The molecular weight excluding hydrogens is 334 g/mol. The van der Waals surface area contributed by atoms with Gasteiger partial charge in [-0.25, -0.2) is 13.2 Å². The summed E-state index contributed by atoms with van der Waals surface area (Å²) in [5.74, 6) is -1.02. The third-order valence-electron chi connectivity index (χ3n) is 3.27. The number of carbonyl (C=O) groups is 1. The number of carboxylic acid groups (broad SMARTS) is 1. The largest absolute Gasteiger partial charge is 0.478 e. The van der Waals surface area contributed by atoms with Crippen LogP contribution in [0.2, 0.25) is 4.34 Å². The van der Waals surface area contributed by atoms with Crippen LogP contribution in [0.5, 0.6) is 0 Å². The third kappa shape index (κ3) is 2.41. The lowest BCUT2D eigenvalue weighted by molar-refractivity contribution is 0.0697. The zero-order valence-electron chi connectivity index (χ0n) is 10.6. The molecule has 0 unspecified atom stereocenters. The van der Waals surface area contributed by atoms with Crippen molar-refractivity contribution in [2.24, 2.45) is 0 Å². The molecule has 0 amide bonds. The number of carboxylic acids is 1. The molecule has 1 aliphatic heterocycles. The average Bonchev–Trinajstić information content (AvgIpc) is 3.04. The predicted molar refractivity (Wildman–Crippen MR) is 81.0 cm³/mol. The molecule has 5 nitrogen and oxygen atoms in total. The highest BCUT2D eigenvalue weighted by Gasteiger charge is 2.32. The highest BCUT2D eigenvalue weighted by atomic mass is 35.5. The molecule has 21 heavy (non-hydrogen) atoms. The van der Waals surface area contributed by atoms with Gasteiger partial charge < -0.3 is 5.11 Å². The van der Waals surface area contributed by atoms with Gasteiger partial charge >= 0.3 is 5.97 Å². The fourth-order valence-corrected chi connectivity index (χ4v) is 5.40. The lowest BCUT2D eigenvalue weighted by Crippen LogP contribution is -2.28. The Kier molecular flexibility index (Phi) is 3.43. The molecule has 8 heteroatoms.